The third-order valence-electron chi connectivity index (χ3n) is 4.73. The largest absolute Gasteiger partial charge is 0.431 e. The van der Waals surface area contributed by atoms with E-state index in [1.54, 1.807) is 0 Å². The van der Waals surface area contributed by atoms with Crippen molar-refractivity contribution in [3.8, 4) is 0 Å². The van der Waals surface area contributed by atoms with Gasteiger partial charge in [-0.3, -0.25) is 0 Å². The van der Waals surface area contributed by atoms with E-state index in [-0.39, 0.29) is 5.97 Å². The Morgan fingerprint density at radius 2 is 1.15 bits per heavy atom. The molecule has 26 heavy (non-hydrogen) atoms. The van der Waals surface area contributed by atoms with Gasteiger partial charge in [0.25, 0.3) is 0 Å². The van der Waals surface area contributed by atoms with Crippen LogP contribution in [0.2, 0.25) is 0 Å². The zero-order chi connectivity index (χ0) is 18.7. The Labute approximate surface area is 156 Å². The summed E-state index contributed by atoms with van der Waals surface area (Å²) in [5.74, 6) is -0.245. The van der Waals surface area contributed by atoms with E-state index in [2.05, 4.69) is 6.07 Å². The molecule has 0 bridgehead atoms. The topological polar surface area (TPSA) is 26.3 Å². The van der Waals surface area contributed by atoms with Gasteiger partial charge in [0, 0.05) is 10.6 Å². The van der Waals surface area contributed by atoms with Crippen molar-refractivity contribution < 1.29 is 9.32 Å². The average molecular weight is 362 g/mol. The Kier molecular flexibility index (Phi) is 5.54. The maximum atomic E-state index is 13.1. The van der Waals surface area contributed by atoms with Crippen molar-refractivity contribution in [1.82, 2.24) is 0 Å². The Morgan fingerprint density at radius 1 is 0.731 bits per heavy atom. The van der Waals surface area contributed by atoms with Crippen LogP contribution in [0.3, 0.4) is 0 Å². The summed E-state index contributed by atoms with van der Waals surface area (Å²) >= 11 is 0. The van der Waals surface area contributed by atoms with Crippen molar-refractivity contribution in [1.29, 1.82) is 0 Å². The molecule has 2 nitrogen and oxygen atoms in total. The lowest BCUT2D eigenvalue weighted by atomic mass is 9.94. The highest BCUT2D eigenvalue weighted by atomic mass is 31.1. The van der Waals surface area contributed by atoms with E-state index in [9.17, 15) is 4.79 Å². The molecule has 0 aromatic heterocycles. The summed E-state index contributed by atoms with van der Waals surface area (Å²) in [4.78, 5) is 13.1. The van der Waals surface area contributed by atoms with Gasteiger partial charge in [-0.2, -0.15) is 0 Å². The average Bonchev–Trinajstić information content (AvgIpc) is 2.66. The first-order chi connectivity index (χ1) is 12.5. The second kappa shape index (κ2) is 7.85. The summed E-state index contributed by atoms with van der Waals surface area (Å²) in [5, 5.41) is 2.06. The number of aryl methyl sites for hydroxylation is 2. The lowest BCUT2D eigenvalue weighted by Crippen LogP contribution is -2.18. The molecule has 0 aliphatic carbocycles. The van der Waals surface area contributed by atoms with Gasteiger partial charge >= 0.3 is 5.97 Å². The fraction of sp³-hybridized carbons (Fsp3) is 0.174. The van der Waals surface area contributed by atoms with E-state index in [0.717, 1.165) is 32.9 Å². The molecular formula is C23H23O2P. The quantitative estimate of drug-likeness (QED) is 0.602. The number of carbonyl (C=O) groups excluding carboxylic acids is 1. The Hall–Kier alpha value is -2.44. The van der Waals surface area contributed by atoms with Crippen molar-refractivity contribution in [2.45, 2.75) is 27.7 Å². The fourth-order valence-corrected chi connectivity index (χ4v) is 4.68. The van der Waals surface area contributed by atoms with Gasteiger partial charge in [-0.05, 0) is 49.9 Å². The van der Waals surface area contributed by atoms with E-state index in [0.29, 0.717) is 5.56 Å². The van der Waals surface area contributed by atoms with Crippen LogP contribution in [0.4, 0.5) is 0 Å². The van der Waals surface area contributed by atoms with E-state index in [1.165, 1.54) is 0 Å². The molecule has 0 N–H and O–H groups in total. The van der Waals surface area contributed by atoms with Gasteiger partial charge < -0.3 is 4.52 Å². The van der Waals surface area contributed by atoms with Gasteiger partial charge in [0.2, 0.25) is 0 Å². The molecule has 0 heterocycles. The molecule has 0 saturated heterocycles. The molecule has 3 rings (SSSR count). The van der Waals surface area contributed by atoms with Crippen molar-refractivity contribution in [2.75, 3.05) is 0 Å². The van der Waals surface area contributed by atoms with Crippen LogP contribution in [0.1, 0.15) is 32.6 Å². The molecule has 0 aliphatic heterocycles. The van der Waals surface area contributed by atoms with Gasteiger partial charge in [-0.25, -0.2) is 4.79 Å². The zero-order valence-corrected chi connectivity index (χ0v) is 16.5. The first kappa shape index (κ1) is 18.4. The predicted molar refractivity (Wildman–Crippen MR) is 110 cm³/mol. The lowest BCUT2D eigenvalue weighted by Gasteiger charge is -2.20. The highest BCUT2D eigenvalue weighted by Gasteiger charge is 2.24. The molecule has 3 aromatic carbocycles. The molecule has 0 spiro atoms. The molecule has 3 aromatic rings. The van der Waals surface area contributed by atoms with Crippen molar-refractivity contribution in [3.63, 3.8) is 0 Å². The highest BCUT2D eigenvalue weighted by Crippen LogP contribution is 2.37. The van der Waals surface area contributed by atoms with Crippen LogP contribution in [0.15, 0.2) is 66.7 Å². The van der Waals surface area contributed by atoms with Crippen LogP contribution in [-0.2, 0) is 4.52 Å². The van der Waals surface area contributed by atoms with Gasteiger partial charge in [-0.1, -0.05) is 66.7 Å². The van der Waals surface area contributed by atoms with Gasteiger partial charge in [0.15, 0.2) is 8.15 Å². The maximum Gasteiger partial charge on any atom is 0.341 e. The number of benzene rings is 3. The highest BCUT2D eigenvalue weighted by molar-refractivity contribution is 7.69. The first-order valence-electron chi connectivity index (χ1n) is 8.69. The van der Waals surface area contributed by atoms with Crippen molar-refractivity contribution >= 4 is 24.7 Å². The van der Waals surface area contributed by atoms with E-state index in [1.807, 2.05) is 88.4 Å². The minimum atomic E-state index is -1.21. The summed E-state index contributed by atoms with van der Waals surface area (Å²) < 4.78 is 6.11. The van der Waals surface area contributed by atoms with Crippen molar-refractivity contribution in [2.24, 2.45) is 0 Å². The van der Waals surface area contributed by atoms with Crippen LogP contribution in [-0.4, -0.2) is 5.97 Å². The van der Waals surface area contributed by atoms with Crippen LogP contribution in [0, 0.1) is 27.7 Å². The lowest BCUT2D eigenvalue weighted by molar-refractivity contribution is 0.0757. The Balaban J connectivity index is 2.02. The number of carbonyl (C=O) groups is 1. The molecule has 0 aliphatic rings. The molecule has 3 heteroatoms. The van der Waals surface area contributed by atoms with Crippen LogP contribution in [0.25, 0.3) is 0 Å². The van der Waals surface area contributed by atoms with Gasteiger partial charge in [0.05, 0.1) is 5.56 Å². The van der Waals surface area contributed by atoms with Crippen LogP contribution < -0.4 is 10.6 Å². The SMILES string of the molecule is Cc1cc(C)c(C)c(C(=O)OP(c2ccccc2)c2ccccc2)c1C. The molecule has 0 fully saturated rings. The molecule has 0 unspecified atom stereocenters. The van der Waals surface area contributed by atoms with Crippen LogP contribution in [0.5, 0.6) is 0 Å². The van der Waals surface area contributed by atoms with E-state index in [4.69, 9.17) is 4.52 Å². The Morgan fingerprint density at radius 3 is 1.58 bits per heavy atom. The fourth-order valence-electron chi connectivity index (χ4n) is 3.03. The summed E-state index contributed by atoms with van der Waals surface area (Å²) in [6.45, 7) is 8.06. The summed E-state index contributed by atoms with van der Waals surface area (Å²) in [5.41, 5.74) is 4.91. The summed E-state index contributed by atoms with van der Waals surface area (Å²) in [6, 6.07) is 22.1. The smallest absolute Gasteiger partial charge is 0.341 e. The minimum absolute atomic E-state index is 0.245. The van der Waals surface area contributed by atoms with E-state index < -0.39 is 8.15 Å². The van der Waals surface area contributed by atoms with Gasteiger partial charge in [-0.15, -0.1) is 0 Å². The molecule has 0 radical (unpaired) electrons. The second-order valence-electron chi connectivity index (χ2n) is 6.48. The molecule has 132 valence electrons. The molecule has 0 saturated carbocycles. The maximum absolute atomic E-state index is 13.1. The zero-order valence-electron chi connectivity index (χ0n) is 15.6. The summed E-state index contributed by atoms with van der Waals surface area (Å²) in [7, 11) is -1.21. The molecular weight excluding hydrogens is 339 g/mol. The normalized spacial score (nSPS) is 10.8. The van der Waals surface area contributed by atoms with Gasteiger partial charge in [0.1, 0.15) is 0 Å². The molecule has 0 atom stereocenters. The third kappa shape index (κ3) is 3.71. The minimum Gasteiger partial charge on any atom is -0.431 e. The number of rotatable bonds is 4. The van der Waals surface area contributed by atoms with Crippen molar-refractivity contribution in [3.05, 3.63) is 94.5 Å². The Bertz CT molecular complexity index is 852. The monoisotopic (exact) mass is 362 g/mol. The summed E-state index contributed by atoms with van der Waals surface area (Å²) in [6.07, 6.45) is 0. The van der Waals surface area contributed by atoms with Crippen LogP contribution >= 0.6 is 8.15 Å². The van der Waals surface area contributed by atoms with E-state index >= 15 is 0 Å². The third-order valence-corrected chi connectivity index (χ3v) is 6.61. The number of hydrogen-bond donors (Lipinski definition) is 0. The standard InChI is InChI=1S/C23H23O2P/c1-16-15-17(2)19(4)22(18(16)3)23(24)25-26(20-11-7-5-8-12-20)21-13-9-6-10-14-21/h5-15H,1-4H3. The predicted octanol–water partition coefficient (Wildman–Crippen LogP) is 5.12. The first-order valence-corrected chi connectivity index (χ1v) is 9.95. The molecule has 0 amide bonds. The number of hydrogen-bond acceptors (Lipinski definition) is 2. The second-order valence-corrected chi connectivity index (χ2v) is 8.28.